The molecule has 2 aromatic rings. The molecule has 0 aliphatic carbocycles. The number of nitrogens with zero attached hydrogens (tertiary/aromatic N) is 2. The molecule has 1 heterocycles. The first kappa shape index (κ1) is 13.4. The van der Waals surface area contributed by atoms with Crippen molar-refractivity contribution in [1.29, 1.82) is 0 Å². The highest BCUT2D eigenvalue weighted by molar-refractivity contribution is 7.89. The van der Waals surface area contributed by atoms with Gasteiger partial charge in [-0.25, -0.2) is 13.6 Å². The molecule has 0 aliphatic rings. The van der Waals surface area contributed by atoms with E-state index in [4.69, 9.17) is 28.3 Å². The molecule has 1 aromatic heterocycles. The molecule has 0 bridgehead atoms. The summed E-state index contributed by atoms with van der Waals surface area (Å²) in [5.41, 5.74) is 0.744. The number of aromatic nitrogens is 2. The molecule has 5 nitrogen and oxygen atoms in total. The first-order valence-electron chi connectivity index (χ1n) is 4.85. The lowest BCUT2D eigenvalue weighted by Gasteiger charge is -2.04. The zero-order valence-corrected chi connectivity index (χ0v) is 11.4. The SMILES string of the molecule is NS(=O)(=O)c1cnn(Cc2cc(Cl)ccc2Cl)c1. The molecule has 0 amide bonds. The van der Waals surface area contributed by atoms with Crippen LogP contribution in [0.15, 0.2) is 35.5 Å². The maximum absolute atomic E-state index is 11.1. The summed E-state index contributed by atoms with van der Waals surface area (Å²) in [7, 11) is -3.73. The van der Waals surface area contributed by atoms with Gasteiger partial charge in [0.15, 0.2) is 0 Å². The number of benzene rings is 1. The van der Waals surface area contributed by atoms with E-state index in [1.54, 1.807) is 18.2 Å². The number of hydrogen-bond donors (Lipinski definition) is 1. The van der Waals surface area contributed by atoms with Crippen molar-refractivity contribution >= 4 is 33.2 Å². The average Bonchev–Trinajstić information content (AvgIpc) is 2.71. The van der Waals surface area contributed by atoms with Crippen LogP contribution in [-0.4, -0.2) is 18.2 Å². The van der Waals surface area contributed by atoms with Crippen molar-refractivity contribution in [2.24, 2.45) is 5.14 Å². The molecule has 0 fully saturated rings. The van der Waals surface area contributed by atoms with Crippen molar-refractivity contribution in [2.75, 3.05) is 0 Å². The van der Waals surface area contributed by atoms with Gasteiger partial charge in [-0.1, -0.05) is 23.2 Å². The summed E-state index contributed by atoms with van der Waals surface area (Å²) >= 11 is 11.9. The molecule has 0 aliphatic heterocycles. The summed E-state index contributed by atoms with van der Waals surface area (Å²) in [6.45, 7) is 0.314. The van der Waals surface area contributed by atoms with E-state index >= 15 is 0 Å². The van der Waals surface area contributed by atoms with Crippen molar-refractivity contribution in [3.63, 3.8) is 0 Å². The monoisotopic (exact) mass is 305 g/mol. The minimum Gasteiger partial charge on any atom is -0.267 e. The summed E-state index contributed by atoms with van der Waals surface area (Å²) in [5.74, 6) is 0. The first-order valence-corrected chi connectivity index (χ1v) is 7.15. The maximum Gasteiger partial charge on any atom is 0.241 e. The number of rotatable bonds is 3. The zero-order chi connectivity index (χ0) is 13.3. The summed E-state index contributed by atoms with van der Waals surface area (Å²) in [4.78, 5) is -0.0411. The third-order valence-corrected chi connectivity index (χ3v) is 3.75. The van der Waals surface area contributed by atoms with Gasteiger partial charge in [-0.3, -0.25) is 4.68 Å². The van der Waals surface area contributed by atoms with Crippen LogP contribution < -0.4 is 5.14 Å². The predicted octanol–water partition coefficient (Wildman–Crippen LogP) is 1.89. The smallest absolute Gasteiger partial charge is 0.241 e. The van der Waals surface area contributed by atoms with Crippen molar-refractivity contribution in [3.05, 3.63) is 46.2 Å². The lowest BCUT2D eigenvalue weighted by atomic mass is 10.2. The van der Waals surface area contributed by atoms with Gasteiger partial charge in [0.05, 0.1) is 12.7 Å². The molecule has 0 radical (unpaired) electrons. The molecular weight excluding hydrogens is 297 g/mol. The Morgan fingerprint density at radius 3 is 2.67 bits per heavy atom. The van der Waals surface area contributed by atoms with Gasteiger partial charge in [0.2, 0.25) is 10.0 Å². The molecule has 2 N–H and O–H groups in total. The Labute approximate surface area is 114 Å². The Bertz CT molecular complexity index is 682. The lowest BCUT2D eigenvalue weighted by molar-refractivity contribution is 0.597. The second kappa shape index (κ2) is 4.89. The standard InChI is InChI=1S/C10H9Cl2N3O2S/c11-8-1-2-10(12)7(3-8)5-15-6-9(4-14-15)18(13,16)17/h1-4,6H,5H2,(H2,13,16,17). The fourth-order valence-corrected chi connectivity index (χ4v) is 2.25. The van der Waals surface area contributed by atoms with Crippen LogP contribution in [-0.2, 0) is 16.6 Å². The molecule has 0 saturated heterocycles. The molecule has 0 unspecified atom stereocenters. The lowest BCUT2D eigenvalue weighted by Crippen LogP contribution is -2.11. The number of halogens is 2. The predicted molar refractivity (Wildman–Crippen MR) is 69.2 cm³/mol. The third-order valence-electron chi connectivity index (χ3n) is 2.28. The van der Waals surface area contributed by atoms with Crippen molar-refractivity contribution in [3.8, 4) is 0 Å². The van der Waals surface area contributed by atoms with Crippen molar-refractivity contribution in [2.45, 2.75) is 11.4 Å². The molecule has 0 saturated carbocycles. The average molecular weight is 306 g/mol. The maximum atomic E-state index is 11.1. The minimum absolute atomic E-state index is 0.0411. The van der Waals surface area contributed by atoms with Gasteiger partial charge < -0.3 is 0 Å². The van der Waals surface area contributed by atoms with Crippen LogP contribution in [0.5, 0.6) is 0 Å². The Morgan fingerprint density at radius 1 is 1.33 bits per heavy atom. The minimum atomic E-state index is -3.73. The highest BCUT2D eigenvalue weighted by Crippen LogP contribution is 2.21. The third kappa shape index (κ3) is 3.02. The van der Waals surface area contributed by atoms with Gasteiger partial charge in [-0.05, 0) is 23.8 Å². The number of primary sulfonamides is 1. The van der Waals surface area contributed by atoms with Crippen LogP contribution in [0.25, 0.3) is 0 Å². The van der Waals surface area contributed by atoms with Gasteiger partial charge in [-0.15, -0.1) is 0 Å². The van der Waals surface area contributed by atoms with Gasteiger partial charge >= 0.3 is 0 Å². The van der Waals surface area contributed by atoms with Gasteiger partial charge in [0.1, 0.15) is 4.90 Å². The summed E-state index contributed by atoms with van der Waals surface area (Å²) in [6, 6.07) is 5.04. The first-order chi connectivity index (χ1) is 8.36. The van der Waals surface area contributed by atoms with Crippen LogP contribution in [0, 0.1) is 0 Å². The number of nitrogens with two attached hydrogens (primary N) is 1. The van der Waals surface area contributed by atoms with E-state index < -0.39 is 10.0 Å². The Hall–Kier alpha value is -1.08. The Morgan fingerprint density at radius 2 is 2.06 bits per heavy atom. The fraction of sp³-hybridized carbons (Fsp3) is 0.100. The molecular formula is C10H9Cl2N3O2S. The topological polar surface area (TPSA) is 78.0 Å². The molecule has 8 heteroatoms. The van der Waals surface area contributed by atoms with E-state index in [0.717, 1.165) is 5.56 Å². The molecule has 2 rings (SSSR count). The summed E-state index contributed by atoms with van der Waals surface area (Å²) in [5, 5.41) is 9.98. The number of sulfonamides is 1. The van der Waals surface area contributed by atoms with E-state index in [1.165, 1.54) is 17.1 Å². The van der Waals surface area contributed by atoms with Crippen molar-refractivity contribution in [1.82, 2.24) is 9.78 Å². The van der Waals surface area contributed by atoms with Crippen LogP contribution >= 0.6 is 23.2 Å². The van der Waals surface area contributed by atoms with Crippen molar-refractivity contribution < 1.29 is 8.42 Å². The van der Waals surface area contributed by atoms with Gasteiger partial charge in [-0.2, -0.15) is 5.10 Å². The summed E-state index contributed by atoms with van der Waals surface area (Å²) < 4.78 is 23.6. The van der Waals surface area contributed by atoms with Crippen LogP contribution in [0.4, 0.5) is 0 Å². The van der Waals surface area contributed by atoms with Crippen LogP contribution in [0.1, 0.15) is 5.56 Å². The van der Waals surface area contributed by atoms with Gasteiger partial charge in [0.25, 0.3) is 0 Å². The highest BCUT2D eigenvalue weighted by Gasteiger charge is 2.11. The largest absolute Gasteiger partial charge is 0.267 e. The van der Waals surface area contributed by atoms with E-state index in [-0.39, 0.29) is 4.90 Å². The van der Waals surface area contributed by atoms with Crippen LogP contribution in [0.3, 0.4) is 0 Å². The molecule has 96 valence electrons. The van der Waals surface area contributed by atoms with E-state index in [9.17, 15) is 8.42 Å². The van der Waals surface area contributed by atoms with Gasteiger partial charge in [0, 0.05) is 16.2 Å². The van der Waals surface area contributed by atoms with Crippen LogP contribution in [0.2, 0.25) is 10.0 Å². The highest BCUT2D eigenvalue weighted by atomic mass is 35.5. The molecule has 1 aromatic carbocycles. The van der Waals surface area contributed by atoms with E-state index in [1.807, 2.05) is 0 Å². The van der Waals surface area contributed by atoms with E-state index in [0.29, 0.717) is 16.6 Å². The second-order valence-corrected chi connectivity index (χ2v) is 6.06. The number of hydrogen-bond acceptors (Lipinski definition) is 3. The molecule has 0 spiro atoms. The Balaban J connectivity index is 2.29. The quantitative estimate of drug-likeness (QED) is 0.940. The summed E-state index contributed by atoms with van der Waals surface area (Å²) in [6.07, 6.45) is 2.53. The fourth-order valence-electron chi connectivity index (χ4n) is 1.42. The Kier molecular flexibility index (Phi) is 3.63. The molecule has 0 atom stereocenters. The zero-order valence-electron chi connectivity index (χ0n) is 9.05. The second-order valence-electron chi connectivity index (χ2n) is 3.65. The normalized spacial score (nSPS) is 11.7. The molecule has 18 heavy (non-hydrogen) atoms. The van der Waals surface area contributed by atoms with E-state index in [2.05, 4.69) is 5.10 Å².